The van der Waals surface area contributed by atoms with Crippen LogP contribution in [0.2, 0.25) is 5.02 Å². The topological polar surface area (TPSA) is 64.1 Å². The van der Waals surface area contributed by atoms with Gasteiger partial charge in [0.1, 0.15) is 5.75 Å². The van der Waals surface area contributed by atoms with Crippen molar-refractivity contribution in [2.75, 3.05) is 25.6 Å². The molecule has 2 aromatic rings. The summed E-state index contributed by atoms with van der Waals surface area (Å²) < 4.78 is 16.5. The smallest absolute Gasteiger partial charge is 0.191 e. The van der Waals surface area contributed by atoms with E-state index in [4.69, 9.17) is 38.0 Å². The van der Waals surface area contributed by atoms with Crippen molar-refractivity contribution in [3.8, 4) is 17.2 Å². The van der Waals surface area contributed by atoms with Crippen molar-refractivity contribution in [3.05, 3.63) is 47.0 Å². The summed E-state index contributed by atoms with van der Waals surface area (Å²) >= 11 is 11.6. The van der Waals surface area contributed by atoms with Crippen LogP contribution >= 0.6 is 23.8 Å². The lowest BCUT2D eigenvalue weighted by atomic mass is 10.2. The number of benzene rings is 2. The van der Waals surface area contributed by atoms with E-state index in [1.165, 1.54) is 0 Å². The molecule has 0 radical (unpaired) electrons. The molecule has 6 nitrogen and oxygen atoms in total. The largest absolute Gasteiger partial charge is 0.497 e. The summed E-state index contributed by atoms with van der Waals surface area (Å²) in [6.45, 7) is 5.01. The summed E-state index contributed by atoms with van der Waals surface area (Å²) in [4.78, 5) is 0. The highest BCUT2D eigenvalue weighted by Gasteiger charge is 2.12. The van der Waals surface area contributed by atoms with E-state index in [-0.39, 0.29) is 0 Å². The number of hydrogen-bond donors (Lipinski definition) is 2. The Morgan fingerprint density at radius 1 is 1.18 bits per heavy atom. The highest BCUT2D eigenvalue weighted by atomic mass is 35.5. The van der Waals surface area contributed by atoms with Crippen LogP contribution in [-0.4, -0.2) is 31.7 Å². The standard InChI is InChI=1S/C20H24ClN3O3S/c1-4-10-27-19-17(21)11-14(12-18(19)26-5-2)13-22-24-20(28)23-15-6-8-16(25-3)9-7-15/h6-9,11-13H,4-5,10H2,1-3H3,(H2,23,24,28)/b22-13-. The maximum absolute atomic E-state index is 6.34. The van der Waals surface area contributed by atoms with Crippen molar-refractivity contribution in [1.82, 2.24) is 5.43 Å². The van der Waals surface area contributed by atoms with E-state index in [1.54, 1.807) is 19.4 Å². The van der Waals surface area contributed by atoms with E-state index in [0.29, 0.717) is 34.8 Å². The van der Waals surface area contributed by atoms with Crippen LogP contribution in [0.1, 0.15) is 25.8 Å². The molecule has 0 bridgehead atoms. The minimum atomic E-state index is 0.362. The summed E-state index contributed by atoms with van der Waals surface area (Å²) in [5, 5.41) is 8.02. The average molecular weight is 422 g/mol. The Morgan fingerprint density at radius 3 is 2.57 bits per heavy atom. The minimum absolute atomic E-state index is 0.362. The highest BCUT2D eigenvalue weighted by molar-refractivity contribution is 7.80. The fraction of sp³-hybridized carbons (Fsp3) is 0.300. The Bertz CT molecular complexity index is 813. The van der Waals surface area contributed by atoms with E-state index in [1.807, 2.05) is 44.2 Å². The molecule has 0 aromatic heterocycles. The van der Waals surface area contributed by atoms with Crippen LogP contribution in [0, 0.1) is 0 Å². The summed E-state index contributed by atoms with van der Waals surface area (Å²) in [5.41, 5.74) is 4.36. The van der Waals surface area contributed by atoms with Crippen LogP contribution in [0.15, 0.2) is 41.5 Å². The molecule has 0 unspecified atom stereocenters. The average Bonchev–Trinajstić information content (AvgIpc) is 2.68. The van der Waals surface area contributed by atoms with Crippen molar-refractivity contribution in [2.24, 2.45) is 5.10 Å². The highest BCUT2D eigenvalue weighted by Crippen LogP contribution is 2.36. The zero-order valence-corrected chi connectivity index (χ0v) is 17.7. The normalized spacial score (nSPS) is 10.6. The van der Waals surface area contributed by atoms with Gasteiger partial charge in [0.15, 0.2) is 16.6 Å². The molecule has 0 aliphatic carbocycles. The van der Waals surface area contributed by atoms with Crippen LogP contribution in [0.25, 0.3) is 0 Å². The number of methoxy groups -OCH3 is 1. The predicted molar refractivity (Wildman–Crippen MR) is 118 cm³/mol. The van der Waals surface area contributed by atoms with Crippen molar-refractivity contribution in [2.45, 2.75) is 20.3 Å². The molecule has 8 heteroatoms. The lowest BCUT2D eigenvalue weighted by Crippen LogP contribution is -2.23. The number of hydrazone groups is 1. The number of hydrogen-bond acceptors (Lipinski definition) is 5. The maximum Gasteiger partial charge on any atom is 0.191 e. The first-order chi connectivity index (χ1) is 13.6. The van der Waals surface area contributed by atoms with E-state index < -0.39 is 0 Å². The van der Waals surface area contributed by atoms with Gasteiger partial charge in [-0.3, -0.25) is 5.43 Å². The summed E-state index contributed by atoms with van der Waals surface area (Å²) in [6, 6.07) is 11.0. The van der Waals surface area contributed by atoms with Gasteiger partial charge in [0.2, 0.25) is 0 Å². The maximum atomic E-state index is 6.34. The summed E-state index contributed by atoms with van der Waals surface area (Å²) in [7, 11) is 1.62. The Hall–Kier alpha value is -2.51. The third kappa shape index (κ3) is 6.58. The zero-order chi connectivity index (χ0) is 20.4. The second-order valence-corrected chi connectivity index (χ2v) is 6.48. The lowest BCUT2D eigenvalue weighted by molar-refractivity contribution is 0.277. The molecule has 0 spiro atoms. The molecule has 0 saturated carbocycles. The van der Waals surface area contributed by atoms with Gasteiger partial charge in [0, 0.05) is 5.69 Å². The molecule has 0 fully saturated rings. The first-order valence-electron chi connectivity index (χ1n) is 8.90. The second kappa shape index (κ2) is 11.4. The van der Waals surface area contributed by atoms with Crippen LogP contribution in [0.5, 0.6) is 17.2 Å². The fourth-order valence-electron chi connectivity index (χ4n) is 2.27. The molecule has 2 rings (SSSR count). The van der Waals surface area contributed by atoms with Gasteiger partial charge in [0.05, 0.1) is 31.6 Å². The van der Waals surface area contributed by atoms with Crippen LogP contribution < -0.4 is 25.0 Å². The molecular formula is C20H24ClN3O3S. The first kappa shape index (κ1) is 21.8. The minimum Gasteiger partial charge on any atom is -0.497 e. The number of ether oxygens (including phenoxy) is 3. The first-order valence-corrected chi connectivity index (χ1v) is 9.69. The van der Waals surface area contributed by atoms with Crippen molar-refractivity contribution in [1.29, 1.82) is 0 Å². The van der Waals surface area contributed by atoms with E-state index in [2.05, 4.69) is 15.8 Å². The zero-order valence-electron chi connectivity index (χ0n) is 16.1. The Balaban J connectivity index is 2.00. The molecule has 0 amide bonds. The number of nitrogens with one attached hydrogen (secondary N) is 2. The van der Waals surface area contributed by atoms with Gasteiger partial charge in [-0.15, -0.1) is 0 Å². The number of anilines is 1. The quantitative estimate of drug-likeness (QED) is 0.342. The Morgan fingerprint density at radius 2 is 1.93 bits per heavy atom. The van der Waals surface area contributed by atoms with Crippen molar-refractivity contribution < 1.29 is 14.2 Å². The summed E-state index contributed by atoms with van der Waals surface area (Å²) in [6.07, 6.45) is 2.49. The monoisotopic (exact) mass is 421 g/mol. The van der Waals surface area contributed by atoms with Gasteiger partial charge >= 0.3 is 0 Å². The van der Waals surface area contributed by atoms with E-state index in [0.717, 1.165) is 23.4 Å². The van der Waals surface area contributed by atoms with Crippen LogP contribution in [0.4, 0.5) is 5.69 Å². The molecule has 0 saturated heterocycles. The molecular weight excluding hydrogens is 398 g/mol. The van der Waals surface area contributed by atoms with Gasteiger partial charge in [-0.05, 0) is 67.5 Å². The molecule has 0 atom stereocenters. The van der Waals surface area contributed by atoms with E-state index in [9.17, 15) is 0 Å². The van der Waals surface area contributed by atoms with Crippen LogP contribution in [0.3, 0.4) is 0 Å². The number of nitrogens with zero attached hydrogens (tertiary/aromatic N) is 1. The molecule has 0 heterocycles. The Labute approximate surface area is 175 Å². The summed E-state index contributed by atoms with van der Waals surface area (Å²) in [5.74, 6) is 1.91. The molecule has 0 aliphatic rings. The third-order valence-electron chi connectivity index (χ3n) is 3.51. The predicted octanol–water partition coefficient (Wildman–Crippen LogP) is 4.86. The molecule has 2 N–H and O–H groups in total. The van der Waals surface area contributed by atoms with E-state index >= 15 is 0 Å². The Kier molecular flexibility index (Phi) is 8.84. The number of halogens is 1. The van der Waals surface area contributed by atoms with Gasteiger partial charge in [-0.2, -0.15) is 5.10 Å². The molecule has 28 heavy (non-hydrogen) atoms. The van der Waals surface area contributed by atoms with Gasteiger partial charge < -0.3 is 19.5 Å². The van der Waals surface area contributed by atoms with Gasteiger partial charge in [-0.25, -0.2) is 0 Å². The van der Waals surface area contributed by atoms with Gasteiger partial charge in [-0.1, -0.05) is 18.5 Å². The molecule has 2 aromatic carbocycles. The number of rotatable bonds is 9. The SMILES string of the molecule is CCCOc1c(Cl)cc(/C=N\NC(=S)Nc2ccc(OC)cc2)cc1OCC. The molecule has 0 aliphatic heterocycles. The van der Waals surface area contributed by atoms with Crippen molar-refractivity contribution >= 4 is 40.8 Å². The molecule has 150 valence electrons. The second-order valence-electron chi connectivity index (χ2n) is 5.66. The fourth-order valence-corrected chi connectivity index (χ4v) is 2.71. The number of thiocarbonyl (C=S) groups is 1. The third-order valence-corrected chi connectivity index (χ3v) is 3.98. The van der Waals surface area contributed by atoms with Crippen molar-refractivity contribution in [3.63, 3.8) is 0 Å². The van der Waals surface area contributed by atoms with Gasteiger partial charge in [0.25, 0.3) is 0 Å². The lowest BCUT2D eigenvalue weighted by Gasteiger charge is -2.14. The van der Waals surface area contributed by atoms with Crippen LogP contribution in [-0.2, 0) is 0 Å².